The Morgan fingerprint density at radius 1 is 1.32 bits per heavy atom. The van der Waals surface area contributed by atoms with Gasteiger partial charge in [0.2, 0.25) is 0 Å². The van der Waals surface area contributed by atoms with E-state index in [-0.39, 0.29) is 13.0 Å². The molecule has 0 bridgehead atoms. The minimum Gasteiger partial charge on any atom is -0.465 e. The molecule has 2 heterocycles. The molecule has 2 fully saturated rings. The van der Waals surface area contributed by atoms with Gasteiger partial charge in [-0.05, 0) is 13.8 Å². The van der Waals surface area contributed by atoms with E-state index in [1.807, 2.05) is 0 Å². The zero-order chi connectivity index (χ0) is 14.3. The first-order valence-corrected chi connectivity index (χ1v) is 6.15. The molecule has 0 radical (unpaired) electrons. The lowest BCUT2D eigenvalue weighted by molar-refractivity contribution is -0.295. The van der Waals surface area contributed by atoms with Gasteiger partial charge in [-0.25, -0.2) is 4.79 Å². The molecule has 7 heteroatoms. The zero-order valence-corrected chi connectivity index (χ0v) is 11.5. The predicted molar refractivity (Wildman–Crippen MR) is 62.2 cm³/mol. The van der Waals surface area contributed by atoms with Gasteiger partial charge in [-0.2, -0.15) is 0 Å². The quantitative estimate of drug-likeness (QED) is 0.715. The summed E-state index contributed by atoms with van der Waals surface area (Å²) in [5, 5.41) is 9.42. The number of hydrogen-bond donors (Lipinski definition) is 1. The molecule has 1 N–H and O–H groups in total. The maximum absolute atomic E-state index is 11.9. The Hall–Kier alpha value is -0.730. The van der Waals surface area contributed by atoms with Crippen molar-refractivity contribution >= 4 is 5.97 Å². The standard InChI is InChI=1S/C12H20O7/c1-11(2)17-7-5-12(16-4,10(14)15-3)18-8(6-13)9(7)19-11/h7-9,13H,5-6H2,1-4H3/t7-,8-,9-,12-/m1/s1. The van der Waals surface area contributed by atoms with E-state index < -0.39 is 35.9 Å². The number of carbonyl (C=O) groups is 1. The second-order valence-corrected chi connectivity index (χ2v) is 5.13. The molecule has 110 valence electrons. The molecule has 19 heavy (non-hydrogen) atoms. The Labute approximate surface area is 111 Å². The van der Waals surface area contributed by atoms with Crippen LogP contribution in [0.15, 0.2) is 0 Å². The highest BCUT2D eigenvalue weighted by Crippen LogP contribution is 2.41. The van der Waals surface area contributed by atoms with Gasteiger partial charge in [0.15, 0.2) is 5.79 Å². The highest BCUT2D eigenvalue weighted by molar-refractivity contribution is 5.78. The van der Waals surface area contributed by atoms with Gasteiger partial charge in [0.1, 0.15) is 12.2 Å². The monoisotopic (exact) mass is 276 g/mol. The number of hydrogen-bond acceptors (Lipinski definition) is 7. The molecule has 0 unspecified atom stereocenters. The third-order valence-corrected chi connectivity index (χ3v) is 3.41. The fraction of sp³-hybridized carbons (Fsp3) is 0.917. The number of esters is 1. The highest BCUT2D eigenvalue weighted by atomic mass is 16.8. The highest BCUT2D eigenvalue weighted by Gasteiger charge is 2.58. The van der Waals surface area contributed by atoms with E-state index in [2.05, 4.69) is 0 Å². The predicted octanol–water partition coefficient (Wildman–Crippen LogP) is -0.197. The topological polar surface area (TPSA) is 83.5 Å². The zero-order valence-electron chi connectivity index (χ0n) is 11.5. The van der Waals surface area contributed by atoms with E-state index in [1.165, 1.54) is 14.2 Å². The molecule has 2 saturated heterocycles. The molecule has 0 aliphatic carbocycles. The van der Waals surface area contributed by atoms with Gasteiger partial charge >= 0.3 is 5.97 Å². The Kier molecular flexibility index (Phi) is 3.85. The van der Waals surface area contributed by atoms with Crippen molar-refractivity contribution in [2.24, 2.45) is 0 Å². The lowest BCUT2D eigenvalue weighted by atomic mass is 9.95. The molecule has 7 nitrogen and oxygen atoms in total. The number of aliphatic hydroxyl groups excluding tert-OH is 1. The molecule has 0 amide bonds. The van der Waals surface area contributed by atoms with Crippen LogP contribution in [0.2, 0.25) is 0 Å². The van der Waals surface area contributed by atoms with Crippen LogP contribution < -0.4 is 0 Å². The molecule has 0 aromatic carbocycles. The van der Waals surface area contributed by atoms with Crippen molar-refractivity contribution in [1.82, 2.24) is 0 Å². The Morgan fingerprint density at radius 3 is 2.53 bits per heavy atom. The summed E-state index contributed by atoms with van der Waals surface area (Å²) >= 11 is 0. The third-order valence-electron chi connectivity index (χ3n) is 3.41. The third kappa shape index (κ3) is 2.48. The maximum Gasteiger partial charge on any atom is 0.366 e. The summed E-state index contributed by atoms with van der Waals surface area (Å²) in [6, 6.07) is 0. The number of ether oxygens (including phenoxy) is 5. The minimum atomic E-state index is -1.56. The molecule has 0 aromatic rings. The number of aliphatic hydroxyl groups is 1. The molecule has 0 spiro atoms. The molecule has 0 aromatic heterocycles. The molecule has 2 aliphatic heterocycles. The lowest BCUT2D eigenvalue weighted by Gasteiger charge is -2.41. The van der Waals surface area contributed by atoms with Crippen molar-refractivity contribution in [2.75, 3.05) is 20.8 Å². The van der Waals surface area contributed by atoms with Gasteiger partial charge in [-0.3, -0.25) is 0 Å². The van der Waals surface area contributed by atoms with Crippen molar-refractivity contribution in [3.8, 4) is 0 Å². The van der Waals surface area contributed by atoms with E-state index in [9.17, 15) is 9.90 Å². The van der Waals surface area contributed by atoms with Gasteiger partial charge in [-0.1, -0.05) is 0 Å². The van der Waals surface area contributed by atoms with Crippen LogP contribution in [0.1, 0.15) is 20.3 Å². The van der Waals surface area contributed by atoms with Crippen LogP contribution in [-0.2, 0) is 28.5 Å². The SMILES string of the molecule is COC(=O)[C@@]1(OC)C[C@H]2OC(C)(C)O[C@H]2[C@@H](CO)O1. The minimum absolute atomic E-state index is 0.154. The first kappa shape index (κ1) is 14.7. The van der Waals surface area contributed by atoms with Crippen LogP contribution >= 0.6 is 0 Å². The van der Waals surface area contributed by atoms with Gasteiger partial charge in [0.25, 0.3) is 5.79 Å². The summed E-state index contributed by atoms with van der Waals surface area (Å²) in [5.41, 5.74) is 0. The van der Waals surface area contributed by atoms with E-state index >= 15 is 0 Å². The van der Waals surface area contributed by atoms with Crippen LogP contribution in [0.5, 0.6) is 0 Å². The first-order chi connectivity index (χ1) is 8.87. The van der Waals surface area contributed by atoms with Gasteiger partial charge in [-0.15, -0.1) is 0 Å². The number of rotatable bonds is 3. The number of methoxy groups -OCH3 is 2. The average Bonchev–Trinajstić information content (AvgIpc) is 2.69. The molecule has 2 aliphatic rings. The van der Waals surface area contributed by atoms with Crippen LogP contribution in [0.4, 0.5) is 0 Å². The maximum atomic E-state index is 11.9. The van der Waals surface area contributed by atoms with Crippen molar-refractivity contribution < 1.29 is 33.6 Å². The summed E-state index contributed by atoms with van der Waals surface area (Å²) < 4.78 is 26.9. The van der Waals surface area contributed by atoms with Crippen molar-refractivity contribution in [2.45, 2.75) is 50.2 Å². The first-order valence-electron chi connectivity index (χ1n) is 6.15. The second-order valence-electron chi connectivity index (χ2n) is 5.13. The van der Waals surface area contributed by atoms with Gasteiger partial charge in [0, 0.05) is 13.5 Å². The van der Waals surface area contributed by atoms with Crippen molar-refractivity contribution in [3.05, 3.63) is 0 Å². The Morgan fingerprint density at radius 2 is 2.00 bits per heavy atom. The largest absolute Gasteiger partial charge is 0.465 e. The average molecular weight is 276 g/mol. The summed E-state index contributed by atoms with van der Waals surface area (Å²) in [7, 11) is 2.61. The molecule has 0 saturated carbocycles. The normalized spacial score (nSPS) is 40.8. The van der Waals surface area contributed by atoms with E-state index in [1.54, 1.807) is 13.8 Å². The van der Waals surface area contributed by atoms with E-state index in [0.717, 1.165) is 0 Å². The summed E-state index contributed by atoms with van der Waals surface area (Å²) in [5.74, 6) is -3.00. The van der Waals surface area contributed by atoms with Crippen LogP contribution in [0.3, 0.4) is 0 Å². The lowest BCUT2D eigenvalue weighted by Crippen LogP contribution is -2.59. The summed E-state index contributed by atoms with van der Waals surface area (Å²) in [6.07, 6.45) is -1.40. The second kappa shape index (κ2) is 4.99. The smallest absolute Gasteiger partial charge is 0.366 e. The van der Waals surface area contributed by atoms with Gasteiger partial charge < -0.3 is 28.8 Å². The van der Waals surface area contributed by atoms with Crippen LogP contribution in [-0.4, -0.2) is 61.8 Å². The Balaban J connectivity index is 2.26. The molecular weight excluding hydrogens is 256 g/mol. The Bertz CT molecular complexity index is 356. The fourth-order valence-electron chi connectivity index (χ4n) is 2.60. The summed E-state index contributed by atoms with van der Waals surface area (Å²) in [4.78, 5) is 11.9. The molecule has 4 atom stereocenters. The molecular formula is C12H20O7. The fourth-order valence-corrected chi connectivity index (χ4v) is 2.60. The van der Waals surface area contributed by atoms with Crippen molar-refractivity contribution in [3.63, 3.8) is 0 Å². The van der Waals surface area contributed by atoms with E-state index in [4.69, 9.17) is 23.7 Å². The van der Waals surface area contributed by atoms with E-state index in [0.29, 0.717) is 0 Å². The van der Waals surface area contributed by atoms with Crippen molar-refractivity contribution in [1.29, 1.82) is 0 Å². The van der Waals surface area contributed by atoms with Gasteiger partial charge in [0.05, 0.1) is 19.8 Å². The van der Waals surface area contributed by atoms with Crippen LogP contribution in [0, 0.1) is 0 Å². The number of carbonyl (C=O) groups excluding carboxylic acids is 1. The summed E-state index contributed by atoms with van der Waals surface area (Å²) in [6.45, 7) is 3.24. The van der Waals surface area contributed by atoms with Crippen LogP contribution in [0.25, 0.3) is 0 Å². The number of fused-ring (bicyclic) bond motifs is 1. The molecule has 2 rings (SSSR count).